The first-order valence-electron chi connectivity index (χ1n) is 9.07. The fourth-order valence-electron chi connectivity index (χ4n) is 4.53. The average molecular weight is 380 g/mol. The van der Waals surface area contributed by atoms with Crippen LogP contribution in [0.5, 0.6) is 0 Å². The summed E-state index contributed by atoms with van der Waals surface area (Å²) in [7, 11) is 0. The van der Waals surface area contributed by atoms with Gasteiger partial charge in [0, 0.05) is 27.7 Å². The van der Waals surface area contributed by atoms with Crippen molar-refractivity contribution >= 4 is 34.3 Å². The van der Waals surface area contributed by atoms with Gasteiger partial charge in [-0.1, -0.05) is 35.9 Å². The Morgan fingerprint density at radius 2 is 1.89 bits per heavy atom. The fourth-order valence-corrected chi connectivity index (χ4v) is 4.70. The maximum absolute atomic E-state index is 13.6. The van der Waals surface area contributed by atoms with E-state index in [-0.39, 0.29) is 11.8 Å². The smallest absolute Gasteiger partial charge is 0.263 e. The molecule has 2 aliphatic rings. The summed E-state index contributed by atoms with van der Waals surface area (Å²) >= 11 is 6.06. The number of nitrogens with one attached hydrogen (secondary N) is 2. The number of carbonyl (C=O) groups is 2. The summed E-state index contributed by atoms with van der Waals surface area (Å²) in [6.45, 7) is 1.55. The van der Waals surface area contributed by atoms with E-state index in [1.54, 1.807) is 18.3 Å². The van der Waals surface area contributed by atoms with Crippen LogP contribution in [0.15, 0.2) is 48.7 Å². The van der Waals surface area contributed by atoms with Crippen molar-refractivity contribution in [2.75, 3.05) is 13.1 Å². The van der Waals surface area contributed by atoms with Crippen molar-refractivity contribution in [3.63, 3.8) is 0 Å². The van der Waals surface area contributed by atoms with E-state index in [1.165, 1.54) is 4.90 Å². The predicted molar refractivity (Wildman–Crippen MR) is 104 cm³/mol. The number of hydrogen-bond acceptors (Lipinski definition) is 3. The topological polar surface area (TPSA) is 65.2 Å². The highest BCUT2D eigenvalue weighted by molar-refractivity contribution is 6.31. The lowest BCUT2D eigenvalue weighted by atomic mass is 9.81. The summed E-state index contributed by atoms with van der Waals surface area (Å²) in [4.78, 5) is 31.4. The number of fused-ring (bicyclic) bond motifs is 3. The van der Waals surface area contributed by atoms with Gasteiger partial charge in [-0.15, -0.1) is 0 Å². The molecule has 0 saturated carbocycles. The number of H-pyrrole nitrogens is 1. The molecule has 5 rings (SSSR count). The van der Waals surface area contributed by atoms with Gasteiger partial charge in [0.05, 0.1) is 11.1 Å². The molecule has 136 valence electrons. The summed E-state index contributed by atoms with van der Waals surface area (Å²) < 4.78 is 0. The van der Waals surface area contributed by atoms with E-state index in [2.05, 4.69) is 10.3 Å². The molecule has 0 bridgehead atoms. The molecule has 3 heterocycles. The molecule has 2 N–H and O–H groups in total. The summed E-state index contributed by atoms with van der Waals surface area (Å²) in [5.41, 5.74) is 2.31. The van der Waals surface area contributed by atoms with E-state index in [1.807, 2.05) is 30.3 Å². The Hall–Kier alpha value is -2.63. The third-order valence-corrected chi connectivity index (χ3v) is 6.03. The van der Waals surface area contributed by atoms with Crippen molar-refractivity contribution in [2.24, 2.45) is 0 Å². The van der Waals surface area contributed by atoms with Gasteiger partial charge in [-0.25, -0.2) is 0 Å². The van der Waals surface area contributed by atoms with Gasteiger partial charge in [0.1, 0.15) is 0 Å². The molecule has 1 aromatic heterocycles. The van der Waals surface area contributed by atoms with Gasteiger partial charge in [-0.05, 0) is 49.7 Å². The number of benzene rings is 2. The van der Waals surface area contributed by atoms with Crippen LogP contribution < -0.4 is 5.32 Å². The highest BCUT2D eigenvalue weighted by Crippen LogP contribution is 2.46. The second kappa shape index (κ2) is 5.94. The third kappa shape index (κ3) is 2.28. The van der Waals surface area contributed by atoms with Gasteiger partial charge in [0.2, 0.25) is 0 Å². The summed E-state index contributed by atoms with van der Waals surface area (Å²) in [6, 6.07) is 13.0. The van der Waals surface area contributed by atoms with Gasteiger partial charge < -0.3 is 10.3 Å². The molecule has 0 unspecified atom stereocenters. The number of amides is 2. The zero-order chi connectivity index (χ0) is 18.6. The lowest BCUT2D eigenvalue weighted by molar-refractivity contribution is 0.0362. The second-order valence-corrected chi connectivity index (χ2v) is 7.60. The minimum atomic E-state index is -0.577. The zero-order valence-corrected chi connectivity index (χ0v) is 15.3. The highest BCUT2D eigenvalue weighted by atomic mass is 35.5. The van der Waals surface area contributed by atoms with E-state index < -0.39 is 5.54 Å². The number of piperidine rings is 1. The lowest BCUT2D eigenvalue weighted by Gasteiger charge is -2.41. The molecule has 1 spiro atoms. The monoisotopic (exact) mass is 379 g/mol. The first kappa shape index (κ1) is 16.5. The molecule has 0 atom stereocenters. The standard InChI is InChI=1S/C21H18ClN3O2/c22-13-5-6-14-16(12-24-18(14)11-13)20(27)25-19(26)15-3-1-2-4-17(15)21(25)7-9-23-10-8-21/h1-6,11-12,23-24H,7-10H2. The van der Waals surface area contributed by atoms with Crippen molar-refractivity contribution in [1.82, 2.24) is 15.2 Å². The minimum absolute atomic E-state index is 0.208. The van der Waals surface area contributed by atoms with E-state index in [0.29, 0.717) is 16.1 Å². The van der Waals surface area contributed by atoms with Crippen molar-refractivity contribution in [3.8, 4) is 0 Å². The number of carbonyl (C=O) groups excluding carboxylic acids is 2. The van der Waals surface area contributed by atoms with Crippen LogP contribution in [0.3, 0.4) is 0 Å². The molecule has 27 heavy (non-hydrogen) atoms. The molecule has 3 aromatic rings. The average Bonchev–Trinajstić information content (AvgIpc) is 3.20. The number of rotatable bonds is 1. The van der Waals surface area contributed by atoms with Crippen molar-refractivity contribution in [2.45, 2.75) is 18.4 Å². The second-order valence-electron chi connectivity index (χ2n) is 7.17. The zero-order valence-electron chi connectivity index (χ0n) is 14.6. The highest BCUT2D eigenvalue weighted by Gasteiger charge is 2.53. The maximum atomic E-state index is 13.6. The predicted octanol–water partition coefficient (Wildman–Crippen LogP) is 3.70. The lowest BCUT2D eigenvalue weighted by Crippen LogP contribution is -2.52. The van der Waals surface area contributed by atoms with Gasteiger partial charge in [0.15, 0.2) is 0 Å². The Morgan fingerprint density at radius 1 is 1.11 bits per heavy atom. The maximum Gasteiger partial charge on any atom is 0.263 e. The Morgan fingerprint density at radius 3 is 2.70 bits per heavy atom. The Bertz CT molecular complexity index is 1080. The van der Waals surface area contributed by atoms with Crippen LogP contribution in [0.25, 0.3) is 10.9 Å². The van der Waals surface area contributed by atoms with Crippen LogP contribution in [0.1, 0.15) is 39.1 Å². The van der Waals surface area contributed by atoms with Gasteiger partial charge in [0.25, 0.3) is 11.8 Å². The SMILES string of the molecule is O=C1c2ccccc2C2(CCNCC2)N1C(=O)c1c[nH]c2cc(Cl)ccc12. The van der Waals surface area contributed by atoms with Crippen molar-refractivity contribution < 1.29 is 9.59 Å². The number of nitrogens with zero attached hydrogens (tertiary/aromatic N) is 1. The van der Waals surface area contributed by atoms with Crippen LogP contribution >= 0.6 is 11.6 Å². The minimum Gasteiger partial charge on any atom is -0.360 e. The normalized spacial score (nSPS) is 18.3. The molecule has 0 radical (unpaired) electrons. The van der Waals surface area contributed by atoms with Crippen LogP contribution in [-0.4, -0.2) is 34.8 Å². The molecule has 0 aliphatic carbocycles. The van der Waals surface area contributed by atoms with Crippen LogP contribution in [0, 0.1) is 0 Å². The number of aromatic nitrogens is 1. The van der Waals surface area contributed by atoms with Crippen molar-refractivity contribution in [3.05, 3.63) is 70.4 Å². The molecule has 2 amide bonds. The Balaban J connectivity index is 1.66. The van der Waals surface area contributed by atoms with E-state index in [9.17, 15) is 9.59 Å². The molecule has 2 aliphatic heterocycles. The molecule has 2 aromatic carbocycles. The van der Waals surface area contributed by atoms with Crippen LogP contribution in [0.2, 0.25) is 5.02 Å². The van der Waals surface area contributed by atoms with E-state index in [0.717, 1.165) is 42.4 Å². The number of hydrogen-bond donors (Lipinski definition) is 2. The molecule has 1 fully saturated rings. The van der Waals surface area contributed by atoms with Crippen LogP contribution in [-0.2, 0) is 5.54 Å². The summed E-state index contributed by atoms with van der Waals surface area (Å²) in [6.07, 6.45) is 3.11. The third-order valence-electron chi connectivity index (χ3n) is 5.80. The molecule has 1 saturated heterocycles. The Kier molecular flexibility index (Phi) is 3.64. The van der Waals surface area contributed by atoms with Crippen LogP contribution in [0.4, 0.5) is 0 Å². The molecular weight excluding hydrogens is 362 g/mol. The van der Waals surface area contributed by atoms with Gasteiger partial charge >= 0.3 is 0 Å². The summed E-state index contributed by atoms with van der Waals surface area (Å²) in [5, 5.41) is 4.72. The van der Waals surface area contributed by atoms with Gasteiger partial charge in [-0.2, -0.15) is 0 Å². The first-order chi connectivity index (χ1) is 13.1. The molecule has 6 heteroatoms. The summed E-state index contributed by atoms with van der Waals surface area (Å²) in [5.74, 6) is -0.465. The van der Waals surface area contributed by atoms with E-state index in [4.69, 9.17) is 11.6 Å². The quantitative estimate of drug-likeness (QED) is 0.634. The van der Waals surface area contributed by atoms with Gasteiger partial charge in [-0.3, -0.25) is 14.5 Å². The molecular formula is C21H18ClN3O2. The fraction of sp³-hybridized carbons (Fsp3) is 0.238. The first-order valence-corrected chi connectivity index (χ1v) is 9.45. The number of imide groups is 1. The number of halogens is 1. The van der Waals surface area contributed by atoms with Crippen molar-refractivity contribution in [1.29, 1.82) is 0 Å². The van der Waals surface area contributed by atoms with E-state index >= 15 is 0 Å². The largest absolute Gasteiger partial charge is 0.360 e. The Labute approximate surface area is 161 Å². The molecule has 5 nitrogen and oxygen atoms in total. The number of aromatic amines is 1.